The largest absolute Gasteiger partial charge is 0.349 e. The number of amides is 1. The molecule has 0 atom stereocenters. The molecule has 82 valence electrons. The first-order chi connectivity index (χ1) is 7.74. The van der Waals surface area contributed by atoms with E-state index in [9.17, 15) is 4.79 Å². The van der Waals surface area contributed by atoms with E-state index in [2.05, 4.69) is 10.4 Å². The molecule has 3 rings (SSSR count). The monoisotopic (exact) mass is 216 g/mol. The number of carbonyl (C=O) groups is 1. The van der Waals surface area contributed by atoms with E-state index in [-0.39, 0.29) is 5.91 Å². The quantitative estimate of drug-likeness (QED) is 0.779. The summed E-state index contributed by atoms with van der Waals surface area (Å²) in [6, 6.07) is 5.90. The predicted octanol–water partition coefficient (Wildman–Crippen LogP) is 1.23. The van der Waals surface area contributed by atoms with Crippen molar-refractivity contribution in [3.05, 3.63) is 24.4 Å². The maximum atomic E-state index is 11.2. The molecule has 0 unspecified atom stereocenters. The van der Waals surface area contributed by atoms with Gasteiger partial charge in [0.15, 0.2) is 0 Å². The Hall–Kier alpha value is -2.04. The molecule has 0 radical (unpaired) electrons. The van der Waals surface area contributed by atoms with Crippen molar-refractivity contribution in [2.45, 2.75) is 13.0 Å². The van der Waals surface area contributed by atoms with Gasteiger partial charge in [0.05, 0.1) is 12.2 Å². The van der Waals surface area contributed by atoms with Crippen LogP contribution in [0, 0.1) is 0 Å². The van der Waals surface area contributed by atoms with Crippen LogP contribution in [0.3, 0.4) is 0 Å². The summed E-state index contributed by atoms with van der Waals surface area (Å²) in [6.07, 6.45) is 2.48. The first-order valence-corrected chi connectivity index (χ1v) is 5.23. The number of nitrogens with zero attached hydrogens (tertiary/aromatic N) is 3. The number of fused-ring (bicyclic) bond motifs is 1. The molecule has 1 aliphatic rings. The maximum Gasteiger partial charge on any atom is 0.227 e. The topological polar surface area (TPSA) is 51.9 Å². The van der Waals surface area contributed by atoms with Crippen LogP contribution in [-0.4, -0.2) is 20.3 Å². The highest BCUT2D eigenvalue weighted by Crippen LogP contribution is 2.24. The van der Waals surface area contributed by atoms with Gasteiger partial charge in [0.25, 0.3) is 0 Å². The first-order valence-electron chi connectivity index (χ1n) is 5.23. The highest BCUT2D eigenvalue weighted by molar-refractivity contribution is 5.91. The number of aryl methyl sites for hydroxylation is 2. The second-order valence-electron chi connectivity index (χ2n) is 3.94. The number of carbonyl (C=O) groups excluding carboxylic acids is 1. The molecule has 0 aliphatic carbocycles. The highest BCUT2D eigenvalue weighted by atomic mass is 16.1. The molecule has 1 aliphatic heterocycles. The van der Waals surface area contributed by atoms with Crippen LogP contribution < -0.4 is 5.32 Å². The van der Waals surface area contributed by atoms with Gasteiger partial charge >= 0.3 is 0 Å². The average Bonchev–Trinajstić information content (AvgIpc) is 2.82. The molecule has 0 fully saturated rings. The van der Waals surface area contributed by atoms with Gasteiger partial charge in [0.2, 0.25) is 5.91 Å². The van der Waals surface area contributed by atoms with Crippen molar-refractivity contribution in [1.82, 2.24) is 14.3 Å². The number of aromatic nitrogens is 3. The van der Waals surface area contributed by atoms with Crippen molar-refractivity contribution >= 4 is 11.7 Å². The minimum absolute atomic E-state index is 0.0610. The number of hydrogen-bond acceptors (Lipinski definition) is 2. The van der Waals surface area contributed by atoms with Gasteiger partial charge in [-0.3, -0.25) is 4.79 Å². The zero-order valence-electron chi connectivity index (χ0n) is 8.97. The summed E-state index contributed by atoms with van der Waals surface area (Å²) in [4.78, 5) is 11.2. The van der Waals surface area contributed by atoms with E-state index in [4.69, 9.17) is 0 Å². The Balaban J connectivity index is 2.05. The Bertz CT molecular complexity index is 552. The second-order valence-corrected chi connectivity index (χ2v) is 3.94. The molecule has 16 heavy (non-hydrogen) atoms. The van der Waals surface area contributed by atoms with E-state index in [1.54, 1.807) is 0 Å². The lowest BCUT2D eigenvalue weighted by Crippen LogP contribution is -2.23. The molecule has 5 heteroatoms. The van der Waals surface area contributed by atoms with Gasteiger partial charge < -0.3 is 9.88 Å². The van der Waals surface area contributed by atoms with Crippen molar-refractivity contribution in [1.29, 1.82) is 0 Å². The van der Waals surface area contributed by atoms with Crippen LogP contribution in [0.2, 0.25) is 0 Å². The van der Waals surface area contributed by atoms with Crippen molar-refractivity contribution < 1.29 is 4.79 Å². The fraction of sp³-hybridized carbons (Fsp3) is 0.273. The third-order valence-corrected chi connectivity index (χ3v) is 2.80. The zero-order valence-corrected chi connectivity index (χ0v) is 8.97. The summed E-state index contributed by atoms with van der Waals surface area (Å²) in [5, 5.41) is 7.28. The van der Waals surface area contributed by atoms with Crippen molar-refractivity contribution in [2.24, 2.45) is 7.05 Å². The molecule has 5 nitrogen and oxygen atoms in total. The molecule has 0 spiro atoms. The fourth-order valence-corrected chi connectivity index (χ4v) is 1.95. The Kier molecular flexibility index (Phi) is 1.86. The van der Waals surface area contributed by atoms with Gasteiger partial charge in [0.1, 0.15) is 11.5 Å². The van der Waals surface area contributed by atoms with Gasteiger partial charge in [-0.05, 0) is 12.1 Å². The lowest BCUT2D eigenvalue weighted by Gasteiger charge is -2.13. The van der Waals surface area contributed by atoms with E-state index in [0.717, 1.165) is 17.2 Å². The molecule has 0 saturated carbocycles. The zero-order chi connectivity index (χ0) is 11.1. The Labute approximate surface area is 92.7 Å². The number of nitrogens with one attached hydrogen (secondary N) is 1. The molecule has 2 aromatic heterocycles. The normalized spacial score (nSPS) is 14.7. The Morgan fingerprint density at radius 1 is 1.50 bits per heavy atom. The van der Waals surface area contributed by atoms with Crippen molar-refractivity contribution in [3.8, 4) is 11.4 Å². The van der Waals surface area contributed by atoms with Crippen LogP contribution >= 0.6 is 0 Å². The van der Waals surface area contributed by atoms with E-state index in [1.807, 2.05) is 40.7 Å². The summed E-state index contributed by atoms with van der Waals surface area (Å²) in [7, 11) is 1.98. The number of hydrogen-bond donors (Lipinski definition) is 1. The van der Waals surface area contributed by atoms with Crippen LogP contribution in [0.4, 0.5) is 5.82 Å². The SMILES string of the molecule is Cn1cccc1-c1cc2n(n1)CCC(=O)N2. The van der Waals surface area contributed by atoms with Crippen LogP contribution in [0.5, 0.6) is 0 Å². The van der Waals surface area contributed by atoms with Crippen LogP contribution in [0.1, 0.15) is 6.42 Å². The maximum absolute atomic E-state index is 11.2. The van der Waals surface area contributed by atoms with Crippen LogP contribution in [-0.2, 0) is 18.4 Å². The molecule has 3 heterocycles. The minimum atomic E-state index is 0.0610. The number of rotatable bonds is 1. The first kappa shape index (κ1) is 9.21. The van der Waals surface area contributed by atoms with Gasteiger partial charge in [-0.1, -0.05) is 0 Å². The van der Waals surface area contributed by atoms with E-state index >= 15 is 0 Å². The summed E-state index contributed by atoms with van der Waals surface area (Å²) in [6.45, 7) is 0.658. The molecular formula is C11H12N4O. The van der Waals surface area contributed by atoms with Gasteiger partial charge in [-0.2, -0.15) is 5.10 Å². The minimum Gasteiger partial charge on any atom is -0.349 e. The number of anilines is 1. The van der Waals surface area contributed by atoms with E-state index in [0.29, 0.717) is 13.0 Å². The lowest BCUT2D eigenvalue weighted by atomic mass is 10.3. The van der Waals surface area contributed by atoms with E-state index in [1.165, 1.54) is 0 Å². The second kappa shape index (κ2) is 3.23. The Morgan fingerprint density at radius 3 is 3.12 bits per heavy atom. The van der Waals surface area contributed by atoms with Crippen LogP contribution in [0.15, 0.2) is 24.4 Å². The standard InChI is InChI=1S/C11H12N4O/c1-14-5-2-3-9(14)8-7-10-12-11(16)4-6-15(10)13-8/h2-3,5,7H,4,6H2,1H3,(H,12,16). The third-order valence-electron chi connectivity index (χ3n) is 2.80. The van der Waals surface area contributed by atoms with Gasteiger partial charge in [-0.15, -0.1) is 0 Å². The summed E-state index contributed by atoms with van der Waals surface area (Å²) >= 11 is 0. The fourth-order valence-electron chi connectivity index (χ4n) is 1.95. The summed E-state index contributed by atoms with van der Waals surface area (Å²) in [5.41, 5.74) is 1.95. The molecule has 1 N–H and O–H groups in total. The lowest BCUT2D eigenvalue weighted by molar-refractivity contribution is -0.116. The van der Waals surface area contributed by atoms with Gasteiger partial charge in [-0.25, -0.2) is 4.68 Å². The molecule has 1 amide bonds. The van der Waals surface area contributed by atoms with Crippen molar-refractivity contribution in [3.63, 3.8) is 0 Å². The average molecular weight is 216 g/mol. The van der Waals surface area contributed by atoms with Gasteiger partial charge in [0, 0.05) is 25.7 Å². The summed E-state index contributed by atoms with van der Waals surface area (Å²) < 4.78 is 3.85. The molecule has 0 bridgehead atoms. The predicted molar refractivity (Wildman–Crippen MR) is 59.9 cm³/mol. The summed E-state index contributed by atoms with van der Waals surface area (Å²) in [5.74, 6) is 0.846. The Morgan fingerprint density at radius 2 is 2.38 bits per heavy atom. The molecule has 0 saturated heterocycles. The molecular weight excluding hydrogens is 204 g/mol. The van der Waals surface area contributed by atoms with Crippen LogP contribution in [0.25, 0.3) is 11.4 Å². The molecule has 2 aromatic rings. The highest BCUT2D eigenvalue weighted by Gasteiger charge is 2.18. The van der Waals surface area contributed by atoms with Crippen molar-refractivity contribution in [2.75, 3.05) is 5.32 Å². The smallest absolute Gasteiger partial charge is 0.227 e. The van der Waals surface area contributed by atoms with E-state index < -0.39 is 0 Å². The third kappa shape index (κ3) is 1.32. The molecule has 0 aromatic carbocycles.